The van der Waals surface area contributed by atoms with E-state index in [0.717, 1.165) is 28.3 Å². The molecular weight excluding hydrogens is 370 g/mol. The van der Waals surface area contributed by atoms with Crippen LogP contribution in [0.5, 0.6) is 11.5 Å². The van der Waals surface area contributed by atoms with Crippen LogP contribution in [0.25, 0.3) is 0 Å². The molecular formula is C22H21N3O2S. The predicted octanol–water partition coefficient (Wildman–Crippen LogP) is 4.59. The standard InChI is InChI=1S/C22H21N3O2S/c1-26-20-13-9-19(10-14-20)24-22(28)25-23-15-17-7-11-21(12-8-17)27-16-18-5-3-2-4-6-18/h2-15H,16H2,1H3,(H2,24,25,28)/b23-15-. The first-order chi connectivity index (χ1) is 13.7. The maximum absolute atomic E-state index is 5.77. The summed E-state index contributed by atoms with van der Waals surface area (Å²) < 4.78 is 10.9. The van der Waals surface area contributed by atoms with E-state index in [2.05, 4.69) is 15.8 Å². The van der Waals surface area contributed by atoms with Crippen LogP contribution in [-0.2, 0) is 6.61 Å². The molecule has 0 bridgehead atoms. The van der Waals surface area contributed by atoms with Crippen LogP contribution in [0.3, 0.4) is 0 Å². The van der Waals surface area contributed by atoms with Crippen molar-refractivity contribution in [3.8, 4) is 11.5 Å². The molecule has 0 heterocycles. The number of ether oxygens (including phenoxy) is 2. The number of methoxy groups -OCH3 is 1. The van der Waals surface area contributed by atoms with Crippen LogP contribution in [0.2, 0.25) is 0 Å². The molecule has 0 radical (unpaired) electrons. The van der Waals surface area contributed by atoms with Gasteiger partial charge in [-0.25, -0.2) is 0 Å². The van der Waals surface area contributed by atoms with Crippen LogP contribution >= 0.6 is 12.2 Å². The van der Waals surface area contributed by atoms with Crippen molar-refractivity contribution < 1.29 is 9.47 Å². The Labute approximate surface area is 170 Å². The average molecular weight is 391 g/mol. The highest BCUT2D eigenvalue weighted by atomic mass is 32.1. The third-order valence-electron chi connectivity index (χ3n) is 3.86. The molecule has 5 nitrogen and oxygen atoms in total. The van der Waals surface area contributed by atoms with Crippen molar-refractivity contribution in [1.82, 2.24) is 5.43 Å². The van der Waals surface area contributed by atoms with Gasteiger partial charge < -0.3 is 14.8 Å². The van der Waals surface area contributed by atoms with Crippen molar-refractivity contribution in [1.29, 1.82) is 0 Å². The number of hydrogen-bond acceptors (Lipinski definition) is 4. The number of hydrogen-bond donors (Lipinski definition) is 2. The van der Waals surface area contributed by atoms with Crippen molar-refractivity contribution in [3.05, 3.63) is 90.0 Å². The first kappa shape index (κ1) is 19.4. The third kappa shape index (κ3) is 6.10. The molecule has 0 aliphatic carbocycles. The molecule has 28 heavy (non-hydrogen) atoms. The Morgan fingerprint density at radius 2 is 1.61 bits per heavy atom. The largest absolute Gasteiger partial charge is 0.497 e. The van der Waals surface area contributed by atoms with Crippen molar-refractivity contribution >= 4 is 29.2 Å². The Morgan fingerprint density at radius 3 is 2.29 bits per heavy atom. The van der Waals surface area contributed by atoms with Crippen LogP contribution in [0, 0.1) is 0 Å². The van der Waals surface area contributed by atoms with Crippen LogP contribution < -0.4 is 20.2 Å². The molecule has 0 saturated carbocycles. The lowest BCUT2D eigenvalue weighted by Gasteiger charge is -2.08. The van der Waals surface area contributed by atoms with Crippen LogP contribution in [0.4, 0.5) is 5.69 Å². The molecule has 0 atom stereocenters. The van der Waals surface area contributed by atoms with E-state index < -0.39 is 0 Å². The second-order valence-corrected chi connectivity index (χ2v) is 6.30. The Hall–Kier alpha value is -3.38. The number of benzene rings is 3. The van der Waals surface area contributed by atoms with Crippen LogP contribution in [0.1, 0.15) is 11.1 Å². The smallest absolute Gasteiger partial charge is 0.191 e. The van der Waals surface area contributed by atoms with E-state index in [-0.39, 0.29) is 0 Å². The van der Waals surface area contributed by atoms with Gasteiger partial charge in [-0.1, -0.05) is 30.3 Å². The fourth-order valence-electron chi connectivity index (χ4n) is 2.39. The summed E-state index contributed by atoms with van der Waals surface area (Å²) in [6.07, 6.45) is 1.70. The summed E-state index contributed by atoms with van der Waals surface area (Å²) >= 11 is 5.23. The maximum atomic E-state index is 5.77. The molecule has 142 valence electrons. The summed E-state index contributed by atoms with van der Waals surface area (Å²) in [7, 11) is 1.63. The minimum atomic E-state index is 0.407. The van der Waals surface area contributed by atoms with Gasteiger partial charge in [0.05, 0.1) is 13.3 Å². The molecule has 3 rings (SSSR count). The summed E-state index contributed by atoms with van der Waals surface area (Å²) in [6.45, 7) is 0.543. The van der Waals surface area contributed by atoms with Gasteiger partial charge in [0.2, 0.25) is 0 Å². The summed E-state index contributed by atoms with van der Waals surface area (Å²) in [5.74, 6) is 1.60. The van der Waals surface area contributed by atoms with Crippen molar-refractivity contribution in [3.63, 3.8) is 0 Å². The van der Waals surface area contributed by atoms with E-state index in [9.17, 15) is 0 Å². The molecule has 0 saturated heterocycles. The summed E-state index contributed by atoms with van der Waals surface area (Å²) in [5.41, 5.74) is 5.72. The topological polar surface area (TPSA) is 54.9 Å². The Kier molecular flexibility index (Phi) is 6.98. The number of anilines is 1. The van der Waals surface area contributed by atoms with Gasteiger partial charge in [0.15, 0.2) is 5.11 Å². The van der Waals surface area contributed by atoms with Gasteiger partial charge in [-0.2, -0.15) is 5.10 Å². The zero-order valence-corrected chi connectivity index (χ0v) is 16.3. The van der Waals surface area contributed by atoms with Crippen LogP contribution in [0.15, 0.2) is 84.0 Å². The Morgan fingerprint density at radius 1 is 0.929 bits per heavy atom. The van der Waals surface area contributed by atoms with Gasteiger partial charge in [0, 0.05) is 5.69 Å². The van der Waals surface area contributed by atoms with Crippen molar-refractivity contribution in [2.75, 3.05) is 12.4 Å². The van der Waals surface area contributed by atoms with E-state index in [4.69, 9.17) is 21.7 Å². The zero-order chi connectivity index (χ0) is 19.6. The molecule has 3 aromatic rings. The SMILES string of the molecule is COc1ccc(NC(=S)N/N=C\c2ccc(OCc3ccccc3)cc2)cc1. The fraction of sp³-hybridized carbons (Fsp3) is 0.0909. The van der Waals surface area contributed by atoms with E-state index in [1.165, 1.54) is 0 Å². The molecule has 2 N–H and O–H groups in total. The van der Waals surface area contributed by atoms with Gasteiger partial charge in [0.1, 0.15) is 18.1 Å². The maximum Gasteiger partial charge on any atom is 0.191 e. The third-order valence-corrected chi connectivity index (χ3v) is 4.05. The zero-order valence-electron chi connectivity index (χ0n) is 15.5. The minimum Gasteiger partial charge on any atom is -0.497 e. The number of hydrazone groups is 1. The average Bonchev–Trinajstić information content (AvgIpc) is 2.74. The molecule has 0 amide bonds. The first-order valence-corrected chi connectivity index (χ1v) is 9.14. The number of rotatable bonds is 7. The highest BCUT2D eigenvalue weighted by Gasteiger charge is 1.98. The van der Waals surface area contributed by atoms with E-state index in [1.54, 1.807) is 13.3 Å². The van der Waals surface area contributed by atoms with Crippen molar-refractivity contribution in [2.24, 2.45) is 5.10 Å². The molecule has 0 unspecified atom stereocenters. The minimum absolute atomic E-state index is 0.407. The fourth-order valence-corrected chi connectivity index (χ4v) is 2.56. The quantitative estimate of drug-likeness (QED) is 0.350. The predicted molar refractivity (Wildman–Crippen MR) is 117 cm³/mol. The van der Waals surface area contributed by atoms with Crippen LogP contribution in [-0.4, -0.2) is 18.4 Å². The number of thiocarbonyl (C=S) groups is 1. The lowest BCUT2D eigenvalue weighted by atomic mass is 10.2. The van der Waals surface area contributed by atoms with E-state index in [0.29, 0.717) is 11.7 Å². The number of nitrogens with zero attached hydrogens (tertiary/aromatic N) is 1. The molecule has 0 aliphatic rings. The first-order valence-electron chi connectivity index (χ1n) is 8.74. The lowest BCUT2D eigenvalue weighted by molar-refractivity contribution is 0.306. The molecule has 0 aromatic heterocycles. The van der Waals surface area contributed by atoms with Gasteiger partial charge in [-0.15, -0.1) is 0 Å². The Bertz CT molecular complexity index is 911. The van der Waals surface area contributed by atoms with Gasteiger partial charge in [0.25, 0.3) is 0 Å². The lowest BCUT2D eigenvalue weighted by Crippen LogP contribution is -2.23. The van der Waals surface area contributed by atoms with Gasteiger partial charge >= 0.3 is 0 Å². The second kappa shape index (κ2) is 10.1. The molecule has 0 spiro atoms. The van der Waals surface area contributed by atoms with E-state index >= 15 is 0 Å². The summed E-state index contributed by atoms with van der Waals surface area (Å²) in [6, 6.07) is 25.2. The molecule has 6 heteroatoms. The molecule has 3 aromatic carbocycles. The summed E-state index contributed by atoms with van der Waals surface area (Å²) in [4.78, 5) is 0. The Balaban J connectivity index is 1.45. The molecule has 0 fully saturated rings. The summed E-state index contributed by atoms with van der Waals surface area (Å²) in [5, 5.41) is 7.61. The highest BCUT2D eigenvalue weighted by Crippen LogP contribution is 2.15. The monoisotopic (exact) mass is 391 g/mol. The van der Waals surface area contributed by atoms with Gasteiger partial charge in [-0.05, 0) is 71.9 Å². The van der Waals surface area contributed by atoms with Crippen molar-refractivity contribution in [2.45, 2.75) is 6.61 Å². The second-order valence-electron chi connectivity index (χ2n) is 5.90. The highest BCUT2D eigenvalue weighted by molar-refractivity contribution is 7.80. The number of nitrogens with one attached hydrogen (secondary N) is 2. The van der Waals surface area contributed by atoms with E-state index in [1.807, 2.05) is 78.9 Å². The molecule has 0 aliphatic heterocycles. The normalized spacial score (nSPS) is 10.5. The van der Waals surface area contributed by atoms with Gasteiger partial charge in [-0.3, -0.25) is 5.43 Å².